The van der Waals surface area contributed by atoms with E-state index in [2.05, 4.69) is 51.9 Å². The highest BCUT2D eigenvalue weighted by molar-refractivity contribution is 6.31. The third-order valence-corrected chi connectivity index (χ3v) is 14.6. The summed E-state index contributed by atoms with van der Waals surface area (Å²) in [4.78, 5) is 43.9. The number of carbonyl (C=O) groups excluding carboxylic acids is 2. The summed E-state index contributed by atoms with van der Waals surface area (Å²) in [6.45, 7) is 7.69. The lowest BCUT2D eigenvalue weighted by Crippen LogP contribution is -2.63. The molecule has 0 radical (unpaired) electrons. The molecule has 1 amide bonds. The fraction of sp³-hybridized carbons (Fsp3) is 0.531. The maximum absolute atomic E-state index is 14.6. The van der Waals surface area contributed by atoms with Gasteiger partial charge in [-0.15, -0.1) is 0 Å². The molecule has 3 heterocycles. The highest BCUT2D eigenvalue weighted by Gasteiger charge is 2.60. The van der Waals surface area contributed by atoms with Crippen LogP contribution >= 0.6 is 11.6 Å². The Morgan fingerprint density at radius 3 is 2.58 bits per heavy atom. The third-order valence-electron chi connectivity index (χ3n) is 14.4. The highest BCUT2D eigenvalue weighted by atomic mass is 35.5. The highest BCUT2D eigenvalue weighted by Crippen LogP contribution is 2.58. The lowest BCUT2D eigenvalue weighted by atomic mass is 9.59. The van der Waals surface area contributed by atoms with E-state index in [0.717, 1.165) is 88.1 Å². The van der Waals surface area contributed by atoms with Gasteiger partial charge < -0.3 is 9.47 Å². The Morgan fingerprint density at radius 2 is 1.84 bits per heavy atom. The Balaban J connectivity index is 1.09. The first-order valence-corrected chi connectivity index (χ1v) is 22.6. The zero-order valence-corrected chi connectivity index (χ0v) is 36.7. The fourth-order valence-corrected chi connectivity index (χ4v) is 11.6. The van der Waals surface area contributed by atoms with Crippen LogP contribution in [0.25, 0.3) is 0 Å². The van der Waals surface area contributed by atoms with Crippen molar-refractivity contribution in [3.8, 4) is 5.75 Å². The van der Waals surface area contributed by atoms with E-state index < -0.39 is 29.0 Å². The average Bonchev–Trinajstić information content (AvgIpc) is 3.54. The van der Waals surface area contributed by atoms with Crippen molar-refractivity contribution < 1.29 is 32.2 Å². The second-order valence-electron chi connectivity index (χ2n) is 18.5. The van der Waals surface area contributed by atoms with Crippen LogP contribution < -0.4 is 9.64 Å². The number of amides is 1. The standard InChI is InChI=1S/C49H57ClF3N5O4/c1-32(30-62-43-15-21-55-42-11-4-7-33(2)44(42)43)23-37-26-36-13-12-35(29-57-22-6-8-34(28-57)24-39-14-20-54-31-56-39)25-41(36)47(37)16-18-48(19-17-47,46(60)61-3)58(45(59)49(51,52)53)40-10-5-9-38(50)27-40/h5,9-10,12-15,20-21,25,27,31-34,37H,4,6-8,11,16-19,22-24,26,28-30H2,1-3H3/t32-,33-,34?,37+,47?,48?/m1/s1. The number of rotatable bonds is 12. The van der Waals surface area contributed by atoms with E-state index in [1.165, 1.54) is 53.6 Å². The number of pyridine rings is 1. The summed E-state index contributed by atoms with van der Waals surface area (Å²) in [5.74, 6) is -0.956. The van der Waals surface area contributed by atoms with Gasteiger partial charge in [-0.3, -0.25) is 19.6 Å². The van der Waals surface area contributed by atoms with Crippen molar-refractivity contribution in [1.29, 1.82) is 0 Å². The molecule has 4 aliphatic rings. The lowest BCUT2D eigenvalue weighted by molar-refractivity contribution is -0.174. The smallest absolute Gasteiger partial charge is 0.471 e. The first kappa shape index (κ1) is 44.1. The predicted molar refractivity (Wildman–Crippen MR) is 232 cm³/mol. The van der Waals surface area contributed by atoms with Crippen LogP contribution in [0.2, 0.25) is 5.02 Å². The number of anilines is 1. The molecule has 1 aliphatic heterocycles. The summed E-state index contributed by atoms with van der Waals surface area (Å²) >= 11 is 6.31. The number of methoxy groups -OCH3 is 1. The number of aromatic nitrogens is 3. The molecule has 4 atom stereocenters. The van der Waals surface area contributed by atoms with Crippen molar-refractivity contribution >= 4 is 29.2 Å². The lowest BCUT2D eigenvalue weighted by Gasteiger charge is -2.51. The summed E-state index contributed by atoms with van der Waals surface area (Å²) < 4.78 is 55.6. The third kappa shape index (κ3) is 8.96. The minimum Gasteiger partial charge on any atom is -0.493 e. The van der Waals surface area contributed by atoms with Gasteiger partial charge in [0.25, 0.3) is 0 Å². The predicted octanol–water partition coefficient (Wildman–Crippen LogP) is 10.0. The van der Waals surface area contributed by atoms with Gasteiger partial charge >= 0.3 is 18.1 Å². The number of nitrogens with zero attached hydrogens (tertiary/aromatic N) is 5. The Kier molecular flexibility index (Phi) is 13.0. The van der Waals surface area contributed by atoms with E-state index in [1.54, 1.807) is 12.5 Å². The first-order chi connectivity index (χ1) is 29.8. The van der Waals surface area contributed by atoms with Gasteiger partial charge in [0, 0.05) is 53.1 Å². The molecular weight excluding hydrogens is 815 g/mol. The Morgan fingerprint density at radius 1 is 1.02 bits per heavy atom. The number of ether oxygens (including phenoxy) is 2. The van der Waals surface area contributed by atoms with E-state index in [4.69, 9.17) is 21.1 Å². The molecule has 1 spiro atoms. The minimum atomic E-state index is -5.25. The van der Waals surface area contributed by atoms with E-state index >= 15 is 0 Å². The van der Waals surface area contributed by atoms with Crippen LogP contribution in [-0.2, 0) is 45.5 Å². The number of likely N-dealkylation sites (tertiary alicyclic amines) is 1. The number of aryl methyl sites for hydroxylation is 1. The Bertz CT molecular complexity index is 2230. The Hall–Kier alpha value is -4.55. The molecule has 62 heavy (non-hydrogen) atoms. The normalized spacial score (nSPS) is 25.4. The van der Waals surface area contributed by atoms with Crippen molar-refractivity contribution in [3.05, 3.63) is 112 Å². The van der Waals surface area contributed by atoms with Crippen molar-refractivity contribution in [1.82, 2.24) is 19.9 Å². The molecule has 2 fully saturated rings. The van der Waals surface area contributed by atoms with Gasteiger partial charge in [0.15, 0.2) is 0 Å². The monoisotopic (exact) mass is 871 g/mol. The van der Waals surface area contributed by atoms with Gasteiger partial charge in [-0.1, -0.05) is 49.7 Å². The van der Waals surface area contributed by atoms with Crippen molar-refractivity contribution in [3.63, 3.8) is 0 Å². The molecule has 1 saturated heterocycles. The van der Waals surface area contributed by atoms with E-state index in [1.807, 2.05) is 18.3 Å². The number of hydrogen-bond donors (Lipinski definition) is 0. The molecule has 0 N–H and O–H groups in total. The van der Waals surface area contributed by atoms with Crippen molar-refractivity contribution in [2.45, 2.75) is 120 Å². The molecule has 1 saturated carbocycles. The second kappa shape index (κ2) is 18.3. The summed E-state index contributed by atoms with van der Waals surface area (Å²) in [6.07, 6.45) is 8.67. The summed E-state index contributed by atoms with van der Waals surface area (Å²) in [5.41, 5.74) is 4.55. The van der Waals surface area contributed by atoms with Gasteiger partial charge in [0.05, 0.1) is 13.7 Å². The molecule has 3 aliphatic carbocycles. The molecule has 13 heteroatoms. The molecule has 8 rings (SSSR count). The van der Waals surface area contributed by atoms with Gasteiger partial charge in [-0.25, -0.2) is 14.8 Å². The fourth-order valence-electron chi connectivity index (χ4n) is 11.5. The summed E-state index contributed by atoms with van der Waals surface area (Å²) in [6, 6.07) is 16.5. The van der Waals surface area contributed by atoms with Gasteiger partial charge in [0.1, 0.15) is 17.6 Å². The molecular formula is C49H57ClF3N5O4. The number of piperidine rings is 1. The largest absolute Gasteiger partial charge is 0.493 e. The van der Waals surface area contributed by atoms with Crippen molar-refractivity contribution in [2.24, 2.45) is 17.8 Å². The Labute approximate surface area is 367 Å². The summed E-state index contributed by atoms with van der Waals surface area (Å²) in [7, 11) is 1.17. The molecule has 0 bridgehead atoms. The second-order valence-corrected chi connectivity index (χ2v) is 18.9. The first-order valence-electron chi connectivity index (χ1n) is 22.2. The SMILES string of the molecule is COC(=O)C1(N(C(=O)C(F)(F)F)c2cccc(Cl)c2)CCC2(CC1)c1cc(CN3CCCC(Cc4ccncn4)C3)ccc1C[C@@H]2C[C@@H](C)COc1ccnc2c1[C@H](C)CCC2. The number of carbonyl (C=O) groups is 2. The summed E-state index contributed by atoms with van der Waals surface area (Å²) in [5, 5.41) is 0.152. The number of esters is 1. The van der Waals surface area contributed by atoms with Crippen LogP contribution in [0.15, 0.2) is 73.3 Å². The van der Waals surface area contributed by atoms with Crippen LogP contribution in [0.3, 0.4) is 0 Å². The number of hydrogen-bond acceptors (Lipinski definition) is 8. The molecule has 330 valence electrons. The van der Waals surface area contributed by atoms with E-state index in [9.17, 15) is 22.8 Å². The number of halogens is 4. The zero-order chi connectivity index (χ0) is 43.6. The number of alkyl halides is 3. The molecule has 2 aromatic heterocycles. The van der Waals surface area contributed by atoms with Crippen LogP contribution in [0.5, 0.6) is 5.75 Å². The zero-order valence-electron chi connectivity index (χ0n) is 35.9. The van der Waals surface area contributed by atoms with Crippen LogP contribution in [0, 0.1) is 17.8 Å². The maximum Gasteiger partial charge on any atom is 0.471 e. The number of benzene rings is 2. The molecule has 1 unspecified atom stereocenters. The quantitative estimate of drug-likeness (QED) is 0.130. The van der Waals surface area contributed by atoms with E-state index in [0.29, 0.717) is 36.2 Å². The molecule has 4 aromatic rings. The van der Waals surface area contributed by atoms with Crippen LogP contribution in [0.1, 0.15) is 111 Å². The van der Waals surface area contributed by atoms with Gasteiger partial charge in [-0.2, -0.15) is 13.2 Å². The maximum atomic E-state index is 14.6. The van der Waals surface area contributed by atoms with Gasteiger partial charge in [-0.05, 0) is 160 Å². The molecule has 9 nitrogen and oxygen atoms in total. The van der Waals surface area contributed by atoms with Crippen LogP contribution in [0.4, 0.5) is 18.9 Å². The van der Waals surface area contributed by atoms with Gasteiger partial charge in [0.2, 0.25) is 0 Å². The minimum absolute atomic E-state index is 0.0169. The van der Waals surface area contributed by atoms with E-state index in [-0.39, 0.29) is 35.4 Å². The molecule has 2 aromatic carbocycles. The van der Waals surface area contributed by atoms with Crippen molar-refractivity contribution in [2.75, 3.05) is 31.7 Å². The number of fused-ring (bicyclic) bond motifs is 3. The average molecular weight is 872 g/mol. The topological polar surface area (TPSA) is 97.8 Å². The van der Waals surface area contributed by atoms with Crippen LogP contribution in [-0.4, -0.2) is 70.2 Å².